The number of aromatic nitrogens is 2. The second-order valence-corrected chi connectivity index (χ2v) is 6.99. The number of hydrogen-bond donors (Lipinski definition) is 1. The molecule has 0 atom stereocenters. The van der Waals surface area contributed by atoms with E-state index in [1.807, 2.05) is 6.92 Å². The lowest BCUT2D eigenvalue weighted by molar-refractivity contribution is -0.123. The lowest BCUT2D eigenvalue weighted by Crippen LogP contribution is -2.28. The number of benzene rings is 1. The predicted octanol–water partition coefficient (Wildman–Crippen LogP) is 2.99. The fraction of sp³-hybridized carbons (Fsp3) is 0.474. The van der Waals surface area contributed by atoms with Crippen molar-refractivity contribution in [2.45, 2.75) is 40.7 Å². The van der Waals surface area contributed by atoms with Gasteiger partial charge in [-0.15, -0.1) is 0 Å². The van der Waals surface area contributed by atoms with Gasteiger partial charge in [-0.25, -0.2) is 4.79 Å². The summed E-state index contributed by atoms with van der Waals surface area (Å²) in [7, 11) is 2.91. The second kappa shape index (κ2) is 8.73. The molecule has 0 unspecified atom stereocenters. The molecule has 0 bridgehead atoms. The number of anilines is 1. The zero-order valence-electron chi connectivity index (χ0n) is 16.9. The number of nitrogens with one attached hydrogen (secondary N) is 1. The van der Waals surface area contributed by atoms with Crippen LogP contribution in [-0.4, -0.2) is 36.2 Å². The molecular formula is C19H25N3O6. The van der Waals surface area contributed by atoms with E-state index >= 15 is 0 Å². The van der Waals surface area contributed by atoms with Crippen LogP contribution in [0, 0.1) is 5.41 Å². The minimum Gasteiger partial charge on any atom is -0.493 e. The summed E-state index contributed by atoms with van der Waals surface area (Å²) in [5.74, 6) is 0.461. The van der Waals surface area contributed by atoms with Gasteiger partial charge >= 0.3 is 5.97 Å². The highest BCUT2D eigenvalue weighted by Gasteiger charge is 2.25. The van der Waals surface area contributed by atoms with Gasteiger partial charge in [0.2, 0.25) is 5.91 Å². The van der Waals surface area contributed by atoms with Crippen molar-refractivity contribution >= 4 is 17.6 Å². The molecule has 9 nitrogen and oxygen atoms in total. The Kier molecular flexibility index (Phi) is 6.61. The third-order valence-electron chi connectivity index (χ3n) is 3.83. The third kappa shape index (κ3) is 4.99. The number of amides is 1. The fourth-order valence-corrected chi connectivity index (χ4v) is 2.16. The monoisotopic (exact) mass is 391 g/mol. The van der Waals surface area contributed by atoms with Gasteiger partial charge in [-0.1, -0.05) is 32.9 Å². The van der Waals surface area contributed by atoms with Crippen LogP contribution in [0.4, 0.5) is 5.69 Å². The van der Waals surface area contributed by atoms with Crippen LogP contribution in [0.2, 0.25) is 0 Å². The molecule has 0 saturated carbocycles. The molecule has 1 N–H and O–H groups in total. The van der Waals surface area contributed by atoms with Crippen molar-refractivity contribution in [1.82, 2.24) is 10.1 Å². The Hall–Kier alpha value is -3.10. The first-order valence-corrected chi connectivity index (χ1v) is 8.75. The van der Waals surface area contributed by atoms with Crippen LogP contribution in [0.25, 0.3) is 0 Å². The number of aryl methyl sites for hydroxylation is 1. The normalized spacial score (nSPS) is 11.1. The molecule has 0 spiro atoms. The summed E-state index contributed by atoms with van der Waals surface area (Å²) in [5, 5.41) is 6.49. The summed E-state index contributed by atoms with van der Waals surface area (Å²) in [6.45, 7) is 6.99. The van der Waals surface area contributed by atoms with Crippen molar-refractivity contribution in [2.24, 2.45) is 5.41 Å². The first-order valence-electron chi connectivity index (χ1n) is 8.75. The summed E-state index contributed by atoms with van der Waals surface area (Å²) < 4.78 is 20.8. The molecular weight excluding hydrogens is 366 g/mol. The Labute approximate surface area is 163 Å². The summed E-state index contributed by atoms with van der Waals surface area (Å²) in [5.41, 5.74) is -0.290. The highest BCUT2D eigenvalue weighted by molar-refractivity contribution is 6.03. The Morgan fingerprint density at radius 3 is 2.32 bits per heavy atom. The Bertz CT molecular complexity index is 854. The van der Waals surface area contributed by atoms with Gasteiger partial charge in [-0.05, 0) is 0 Å². The van der Waals surface area contributed by atoms with Crippen molar-refractivity contribution in [1.29, 1.82) is 0 Å². The number of methoxy groups -OCH3 is 2. The smallest absolute Gasteiger partial charge is 0.340 e. The van der Waals surface area contributed by atoms with Crippen LogP contribution in [0.1, 0.15) is 49.8 Å². The molecule has 152 valence electrons. The van der Waals surface area contributed by atoms with Gasteiger partial charge in [0.15, 0.2) is 23.9 Å². The van der Waals surface area contributed by atoms with E-state index in [9.17, 15) is 9.59 Å². The first-order chi connectivity index (χ1) is 13.2. The maximum Gasteiger partial charge on any atom is 0.340 e. The van der Waals surface area contributed by atoms with E-state index in [0.717, 1.165) is 0 Å². The average Bonchev–Trinajstić information content (AvgIpc) is 3.13. The summed E-state index contributed by atoms with van der Waals surface area (Å²) in [6.07, 6.45) is 0.607. The van der Waals surface area contributed by atoms with Crippen LogP contribution < -0.4 is 14.8 Å². The topological polar surface area (TPSA) is 113 Å². The minimum absolute atomic E-state index is 0.116. The van der Waals surface area contributed by atoms with Crippen molar-refractivity contribution in [3.8, 4) is 11.5 Å². The van der Waals surface area contributed by atoms with E-state index in [1.54, 1.807) is 20.8 Å². The molecule has 2 aromatic rings. The van der Waals surface area contributed by atoms with Gasteiger partial charge in [0.1, 0.15) is 0 Å². The molecule has 0 aliphatic heterocycles. The van der Waals surface area contributed by atoms with Crippen LogP contribution in [0.5, 0.6) is 11.5 Å². The van der Waals surface area contributed by atoms with Gasteiger partial charge in [0.25, 0.3) is 5.89 Å². The fourth-order valence-electron chi connectivity index (χ4n) is 2.16. The number of hydrogen-bond acceptors (Lipinski definition) is 8. The molecule has 9 heteroatoms. The average molecular weight is 391 g/mol. The summed E-state index contributed by atoms with van der Waals surface area (Å²) in [6, 6.07) is 2.96. The van der Waals surface area contributed by atoms with Crippen molar-refractivity contribution < 1.29 is 28.3 Å². The van der Waals surface area contributed by atoms with Gasteiger partial charge in [0, 0.05) is 24.0 Å². The zero-order chi connectivity index (χ0) is 20.9. The largest absolute Gasteiger partial charge is 0.493 e. The van der Waals surface area contributed by atoms with E-state index in [1.165, 1.54) is 26.4 Å². The van der Waals surface area contributed by atoms with Gasteiger partial charge < -0.3 is 24.1 Å². The van der Waals surface area contributed by atoms with Gasteiger partial charge in [-0.2, -0.15) is 4.98 Å². The van der Waals surface area contributed by atoms with Gasteiger partial charge in [0.05, 0.1) is 25.5 Å². The Morgan fingerprint density at radius 2 is 1.79 bits per heavy atom. The first kappa shape index (κ1) is 21.2. The lowest BCUT2D eigenvalue weighted by atomic mass is 9.95. The molecule has 1 heterocycles. The van der Waals surface area contributed by atoms with Crippen LogP contribution >= 0.6 is 0 Å². The van der Waals surface area contributed by atoms with Crippen molar-refractivity contribution in [3.63, 3.8) is 0 Å². The standard InChI is InChI=1S/C19H25N3O6/c1-7-15-21-16(28-22-15)10-27-17(23)11-8-13(25-5)14(26-6)9-12(11)20-18(24)19(2,3)4/h8-9H,7,10H2,1-6H3,(H,20,24). The number of rotatable bonds is 7. The number of ether oxygens (including phenoxy) is 3. The molecule has 1 aromatic carbocycles. The summed E-state index contributed by atoms with van der Waals surface area (Å²) >= 11 is 0. The predicted molar refractivity (Wildman–Crippen MR) is 100 cm³/mol. The van der Waals surface area contributed by atoms with Gasteiger partial charge in [-0.3, -0.25) is 4.79 Å². The van der Waals surface area contributed by atoms with E-state index in [-0.39, 0.29) is 29.7 Å². The van der Waals surface area contributed by atoms with E-state index in [2.05, 4.69) is 15.5 Å². The van der Waals surface area contributed by atoms with Crippen LogP contribution in [0.3, 0.4) is 0 Å². The molecule has 0 saturated heterocycles. The molecule has 2 rings (SSSR count). The zero-order valence-corrected chi connectivity index (χ0v) is 16.9. The van der Waals surface area contributed by atoms with E-state index in [0.29, 0.717) is 23.7 Å². The Morgan fingerprint density at radius 1 is 1.14 bits per heavy atom. The number of carbonyl (C=O) groups excluding carboxylic acids is 2. The molecule has 1 aromatic heterocycles. The quantitative estimate of drug-likeness (QED) is 0.717. The molecule has 0 radical (unpaired) electrons. The minimum atomic E-state index is -0.679. The van der Waals surface area contributed by atoms with Crippen LogP contribution in [0.15, 0.2) is 16.7 Å². The van der Waals surface area contributed by atoms with E-state index in [4.69, 9.17) is 18.7 Å². The highest BCUT2D eigenvalue weighted by atomic mass is 16.6. The third-order valence-corrected chi connectivity index (χ3v) is 3.83. The maximum atomic E-state index is 12.7. The number of nitrogens with zero attached hydrogens (tertiary/aromatic N) is 2. The Balaban J connectivity index is 2.30. The number of carbonyl (C=O) groups is 2. The molecule has 28 heavy (non-hydrogen) atoms. The van der Waals surface area contributed by atoms with Crippen molar-refractivity contribution in [2.75, 3.05) is 19.5 Å². The SMILES string of the molecule is CCc1noc(COC(=O)c2cc(OC)c(OC)cc2NC(=O)C(C)(C)C)n1. The van der Waals surface area contributed by atoms with Crippen molar-refractivity contribution in [3.05, 3.63) is 29.4 Å². The highest BCUT2D eigenvalue weighted by Crippen LogP contribution is 2.34. The molecule has 0 fully saturated rings. The summed E-state index contributed by atoms with van der Waals surface area (Å²) in [4.78, 5) is 29.2. The number of esters is 1. The molecule has 0 aliphatic carbocycles. The molecule has 1 amide bonds. The molecule has 0 aliphatic rings. The second-order valence-electron chi connectivity index (χ2n) is 6.99. The van der Waals surface area contributed by atoms with E-state index < -0.39 is 11.4 Å². The van der Waals surface area contributed by atoms with Crippen LogP contribution in [-0.2, 0) is 22.6 Å². The lowest BCUT2D eigenvalue weighted by Gasteiger charge is -2.20. The maximum absolute atomic E-state index is 12.7.